The minimum absolute atomic E-state index is 0.143. The Labute approximate surface area is 139 Å². The molecule has 2 N–H and O–H groups in total. The number of rotatable bonds is 4. The molecule has 1 fully saturated rings. The first-order valence-corrected chi connectivity index (χ1v) is 8.39. The molecule has 23 heavy (non-hydrogen) atoms. The van der Waals surface area contributed by atoms with Gasteiger partial charge in [-0.05, 0) is 67.2 Å². The van der Waals surface area contributed by atoms with E-state index in [0.717, 1.165) is 25.7 Å². The molecule has 1 aliphatic rings. The Morgan fingerprint density at radius 3 is 1.83 bits per heavy atom. The fraction of sp³-hybridized carbons (Fsp3) is 0.882. The van der Waals surface area contributed by atoms with Gasteiger partial charge in [-0.2, -0.15) is 0 Å². The number of carbonyl (C=O) groups excluding carboxylic acids is 2. The van der Waals surface area contributed by atoms with Crippen LogP contribution in [-0.2, 0) is 14.3 Å². The van der Waals surface area contributed by atoms with Crippen molar-refractivity contribution in [2.45, 2.75) is 90.5 Å². The summed E-state index contributed by atoms with van der Waals surface area (Å²) in [6, 6.07) is 0.434. The Morgan fingerprint density at radius 2 is 1.35 bits per heavy atom. The average molecular weight is 328 g/mol. The molecule has 134 valence electrons. The summed E-state index contributed by atoms with van der Waals surface area (Å²) in [6.07, 6.45) is 3.24. The highest BCUT2D eigenvalue weighted by molar-refractivity contribution is 5.72. The lowest BCUT2D eigenvalue weighted by atomic mass is 9.91. The van der Waals surface area contributed by atoms with E-state index in [9.17, 15) is 9.59 Å². The second-order valence-corrected chi connectivity index (χ2v) is 8.16. The van der Waals surface area contributed by atoms with Gasteiger partial charge in [0.1, 0.15) is 11.2 Å². The molecule has 0 aliphatic heterocycles. The fourth-order valence-electron chi connectivity index (χ4n) is 2.52. The van der Waals surface area contributed by atoms with Crippen molar-refractivity contribution in [2.24, 2.45) is 0 Å². The van der Waals surface area contributed by atoms with Gasteiger partial charge in [-0.1, -0.05) is 0 Å². The molecule has 0 aromatic carbocycles. The summed E-state index contributed by atoms with van der Waals surface area (Å²) in [5.41, 5.74) is -0.927. The number of hydrogen-bond donors (Lipinski definition) is 2. The van der Waals surface area contributed by atoms with Gasteiger partial charge in [-0.3, -0.25) is 4.79 Å². The van der Waals surface area contributed by atoms with Crippen LogP contribution in [0.25, 0.3) is 0 Å². The SMILES string of the molecule is CC(C)(C)OC(=O)CNC1CCC(NC(=O)OC(C)(C)C)CC1. The molecule has 0 aromatic rings. The van der Waals surface area contributed by atoms with Gasteiger partial charge in [0.25, 0.3) is 0 Å². The molecule has 0 bridgehead atoms. The van der Waals surface area contributed by atoms with Gasteiger partial charge in [-0.15, -0.1) is 0 Å². The van der Waals surface area contributed by atoms with E-state index in [0.29, 0.717) is 6.04 Å². The number of hydrogen-bond acceptors (Lipinski definition) is 5. The van der Waals surface area contributed by atoms with E-state index < -0.39 is 11.2 Å². The maximum absolute atomic E-state index is 11.7. The smallest absolute Gasteiger partial charge is 0.407 e. The van der Waals surface area contributed by atoms with Gasteiger partial charge in [0.05, 0.1) is 6.54 Å². The van der Waals surface area contributed by atoms with Crippen LogP contribution in [0.1, 0.15) is 67.2 Å². The third kappa shape index (κ3) is 9.43. The van der Waals surface area contributed by atoms with E-state index in [1.54, 1.807) is 0 Å². The highest BCUT2D eigenvalue weighted by atomic mass is 16.6. The Kier molecular flexibility index (Phi) is 6.86. The Bertz CT molecular complexity index is 402. The second-order valence-electron chi connectivity index (χ2n) is 8.16. The summed E-state index contributed by atoms with van der Waals surface area (Å²) in [4.78, 5) is 23.4. The molecule has 1 aliphatic carbocycles. The van der Waals surface area contributed by atoms with Crippen LogP contribution in [0.2, 0.25) is 0 Å². The van der Waals surface area contributed by atoms with Crippen molar-refractivity contribution in [3.8, 4) is 0 Å². The van der Waals surface area contributed by atoms with Crippen LogP contribution in [0, 0.1) is 0 Å². The minimum Gasteiger partial charge on any atom is -0.459 e. The van der Waals surface area contributed by atoms with Crippen molar-refractivity contribution >= 4 is 12.1 Å². The standard InChI is InChI=1S/C17H32N2O4/c1-16(2,3)22-14(20)11-18-12-7-9-13(10-8-12)19-15(21)23-17(4,5)6/h12-13,18H,7-11H2,1-6H3,(H,19,21). The van der Waals surface area contributed by atoms with E-state index in [-0.39, 0.29) is 24.6 Å². The summed E-state index contributed by atoms with van der Waals surface area (Å²) >= 11 is 0. The van der Waals surface area contributed by atoms with Crippen LogP contribution in [0.5, 0.6) is 0 Å². The first kappa shape index (κ1) is 19.7. The largest absolute Gasteiger partial charge is 0.459 e. The van der Waals surface area contributed by atoms with Crippen molar-refractivity contribution in [1.82, 2.24) is 10.6 Å². The van der Waals surface area contributed by atoms with Crippen molar-refractivity contribution in [3.05, 3.63) is 0 Å². The van der Waals surface area contributed by atoms with Gasteiger partial charge in [-0.25, -0.2) is 4.79 Å². The lowest BCUT2D eigenvalue weighted by molar-refractivity contribution is -0.153. The van der Waals surface area contributed by atoms with Crippen molar-refractivity contribution < 1.29 is 19.1 Å². The zero-order chi connectivity index (χ0) is 17.7. The van der Waals surface area contributed by atoms with E-state index in [4.69, 9.17) is 9.47 Å². The molecule has 0 atom stereocenters. The van der Waals surface area contributed by atoms with Crippen LogP contribution in [0.4, 0.5) is 4.79 Å². The quantitative estimate of drug-likeness (QED) is 0.776. The normalized spacial score (nSPS) is 22.3. The summed E-state index contributed by atoms with van der Waals surface area (Å²) in [5.74, 6) is -0.230. The summed E-state index contributed by atoms with van der Waals surface area (Å²) in [5, 5.41) is 6.15. The van der Waals surface area contributed by atoms with Crippen molar-refractivity contribution in [2.75, 3.05) is 6.54 Å². The van der Waals surface area contributed by atoms with E-state index in [2.05, 4.69) is 10.6 Å². The predicted molar refractivity (Wildman–Crippen MR) is 89.3 cm³/mol. The van der Waals surface area contributed by atoms with Crippen LogP contribution < -0.4 is 10.6 Å². The van der Waals surface area contributed by atoms with Gasteiger partial charge in [0.15, 0.2) is 0 Å². The lowest BCUT2D eigenvalue weighted by Crippen LogP contribution is -2.45. The Balaban J connectivity index is 2.23. The van der Waals surface area contributed by atoms with Crippen LogP contribution in [0.3, 0.4) is 0 Å². The van der Waals surface area contributed by atoms with Gasteiger partial charge < -0.3 is 20.1 Å². The zero-order valence-electron chi connectivity index (χ0n) is 15.3. The molecule has 0 radical (unpaired) electrons. The number of ether oxygens (including phenoxy) is 2. The topological polar surface area (TPSA) is 76.7 Å². The number of esters is 1. The number of amides is 1. The molecular formula is C17H32N2O4. The summed E-state index contributed by atoms with van der Waals surface area (Å²) in [6.45, 7) is 11.4. The molecule has 6 heteroatoms. The molecule has 0 saturated heterocycles. The Hall–Kier alpha value is -1.30. The van der Waals surface area contributed by atoms with Gasteiger partial charge >= 0.3 is 12.1 Å². The predicted octanol–water partition coefficient (Wildman–Crippen LogP) is 2.75. The molecule has 0 unspecified atom stereocenters. The average Bonchev–Trinajstić information content (AvgIpc) is 2.33. The molecule has 0 heterocycles. The zero-order valence-corrected chi connectivity index (χ0v) is 15.3. The molecule has 0 spiro atoms. The highest BCUT2D eigenvalue weighted by Crippen LogP contribution is 2.19. The molecular weight excluding hydrogens is 296 g/mol. The lowest BCUT2D eigenvalue weighted by Gasteiger charge is -2.30. The van der Waals surface area contributed by atoms with E-state index >= 15 is 0 Å². The third-order valence-corrected chi connectivity index (χ3v) is 3.40. The summed E-state index contributed by atoms with van der Waals surface area (Å²) in [7, 11) is 0. The monoisotopic (exact) mass is 328 g/mol. The Morgan fingerprint density at radius 1 is 0.870 bits per heavy atom. The van der Waals surface area contributed by atoms with E-state index in [1.165, 1.54) is 0 Å². The van der Waals surface area contributed by atoms with E-state index in [1.807, 2.05) is 41.5 Å². The van der Waals surface area contributed by atoms with Crippen molar-refractivity contribution in [3.63, 3.8) is 0 Å². The molecule has 6 nitrogen and oxygen atoms in total. The number of carbonyl (C=O) groups is 2. The van der Waals surface area contributed by atoms with Crippen LogP contribution in [-0.4, -0.2) is 41.9 Å². The minimum atomic E-state index is -0.476. The number of alkyl carbamates (subject to hydrolysis) is 1. The summed E-state index contributed by atoms with van der Waals surface area (Å²) < 4.78 is 10.5. The molecule has 0 aromatic heterocycles. The highest BCUT2D eigenvalue weighted by Gasteiger charge is 2.25. The molecule has 1 amide bonds. The molecule has 1 saturated carbocycles. The first-order valence-electron chi connectivity index (χ1n) is 8.39. The van der Waals surface area contributed by atoms with Crippen LogP contribution >= 0.6 is 0 Å². The van der Waals surface area contributed by atoms with Gasteiger partial charge in [0, 0.05) is 12.1 Å². The fourth-order valence-corrected chi connectivity index (χ4v) is 2.52. The number of nitrogens with one attached hydrogen (secondary N) is 2. The maximum Gasteiger partial charge on any atom is 0.407 e. The third-order valence-electron chi connectivity index (χ3n) is 3.40. The first-order chi connectivity index (χ1) is 10.4. The maximum atomic E-state index is 11.7. The van der Waals surface area contributed by atoms with Gasteiger partial charge in [0.2, 0.25) is 0 Å². The molecule has 1 rings (SSSR count). The second kappa shape index (κ2) is 7.99. The van der Waals surface area contributed by atoms with Crippen LogP contribution in [0.15, 0.2) is 0 Å². The van der Waals surface area contributed by atoms with Crippen molar-refractivity contribution in [1.29, 1.82) is 0 Å².